The molecule has 0 fully saturated rings. The van der Waals surface area contributed by atoms with E-state index in [1.54, 1.807) is 18.2 Å². The molecule has 0 heterocycles. The Morgan fingerprint density at radius 1 is 1.05 bits per heavy atom. The van der Waals surface area contributed by atoms with Crippen LogP contribution in [0.1, 0.15) is 31.9 Å². The molecule has 2 aromatic carbocycles. The molecule has 1 atom stereocenters. The largest absolute Gasteiger partial charge is 0.508 e. The Kier molecular flexibility index (Phi) is 4.61. The zero-order chi connectivity index (χ0) is 14.5. The van der Waals surface area contributed by atoms with Crippen LogP contribution in [0.4, 0.5) is 10.1 Å². The summed E-state index contributed by atoms with van der Waals surface area (Å²) in [4.78, 5) is 2.06. The van der Waals surface area contributed by atoms with E-state index in [0.29, 0.717) is 5.69 Å². The standard InChI is InChI=1S/C17H20FNO/c1-3-16(13-9-11-14(20)12-10-13)19(4-2)17-8-6-5-7-15(17)18/h5-12,16,20H,3-4H2,1-2H3. The second-order valence-electron chi connectivity index (χ2n) is 4.75. The second-order valence-corrected chi connectivity index (χ2v) is 4.75. The summed E-state index contributed by atoms with van der Waals surface area (Å²) in [5.41, 5.74) is 1.70. The van der Waals surface area contributed by atoms with Gasteiger partial charge in [0.2, 0.25) is 0 Å². The van der Waals surface area contributed by atoms with Crippen LogP contribution >= 0.6 is 0 Å². The van der Waals surface area contributed by atoms with E-state index >= 15 is 0 Å². The Bertz CT molecular complexity index is 553. The second kappa shape index (κ2) is 6.42. The van der Waals surface area contributed by atoms with E-state index in [2.05, 4.69) is 11.8 Å². The zero-order valence-corrected chi connectivity index (χ0v) is 11.9. The summed E-state index contributed by atoms with van der Waals surface area (Å²) in [6.07, 6.45) is 0.868. The number of rotatable bonds is 5. The van der Waals surface area contributed by atoms with Gasteiger partial charge in [-0.05, 0) is 43.2 Å². The lowest BCUT2D eigenvalue weighted by atomic mass is 10.0. The van der Waals surface area contributed by atoms with Gasteiger partial charge in [-0.2, -0.15) is 0 Å². The van der Waals surface area contributed by atoms with Crippen LogP contribution in [0, 0.1) is 5.82 Å². The highest BCUT2D eigenvalue weighted by Crippen LogP contribution is 2.31. The summed E-state index contributed by atoms with van der Waals surface area (Å²) >= 11 is 0. The SMILES string of the molecule is CCC(c1ccc(O)cc1)N(CC)c1ccccc1F. The molecule has 1 unspecified atom stereocenters. The highest BCUT2D eigenvalue weighted by molar-refractivity contribution is 5.50. The fourth-order valence-electron chi connectivity index (χ4n) is 2.58. The minimum Gasteiger partial charge on any atom is -0.508 e. The molecule has 0 spiro atoms. The van der Waals surface area contributed by atoms with Crippen molar-refractivity contribution in [2.45, 2.75) is 26.3 Å². The van der Waals surface area contributed by atoms with Gasteiger partial charge in [0.05, 0.1) is 11.7 Å². The van der Waals surface area contributed by atoms with Crippen LogP contribution in [0.3, 0.4) is 0 Å². The third kappa shape index (κ3) is 2.93. The van der Waals surface area contributed by atoms with Crippen molar-refractivity contribution < 1.29 is 9.50 Å². The normalized spacial score (nSPS) is 12.2. The molecule has 0 radical (unpaired) electrons. The first kappa shape index (κ1) is 14.4. The van der Waals surface area contributed by atoms with Gasteiger partial charge in [0.1, 0.15) is 11.6 Å². The number of hydrogen-bond donors (Lipinski definition) is 1. The van der Waals surface area contributed by atoms with Gasteiger partial charge in [-0.15, -0.1) is 0 Å². The number of phenols is 1. The van der Waals surface area contributed by atoms with Gasteiger partial charge in [0.15, 0.2) is 0 Å². The first-order valence-electron chi connectivity index (χ1n) is 6.97. The maximum atomic E-state index is 14.0. The van der Waals surface area contributed by atoms with E-state index in [9.17, 15) is 9.50 Å². The van der Waals surface area contributed by atoms with E-state index in [0.717, 1.165) is 18.5 Å². The lowest BCUT2D eigenvalue weighted by Crippen LogP contribution is -2.28. The molecular formula is C17H20FNO. The number of anilines is 1. The van der Waals surface area contributed by atoms with Crippen molar-refractivity contribution in [2.24, 2.45) is 0 Å². The van der Waals surface area contributed by atoms with Crippen LogP contribution in [-0.4, -0.2) is 11.7 Å². The number of benzene rings is 2. The van der Waals surface area contributed by atoms with Gasteiger partial charge < -0.3 is 10.0 Å². The summed E-state index contributed by atoms with van der Waals surface area (Å²) in [6, 6.07) is 14.1. The number of halogens is 1. The smallest absolute Gasteiger partial charge is 0.146 e. The van der Waals surface area contributed by atoms with Crippen molar-refractivity contribution in [2.75, 3.05) is 11.4 Å². The molecule has 0 amide bonds. The number of para-hydroxylation sites is 1. The zero-order valence-electron chi connectivity index (χ0n) is 11.9. The Hall–Kier alpha value is -2.03. The van der Waals surface area contributed by atoms with Crippen molar-refractivity contribution in [3.05, 3.63) is 59.9 Å². The van der Waals surface area contributed by atoms with Gasteiger partial charge in [-0.3, -0.25) is 0 Å². The van der Waals surface area contributed by atoms with Gasteiger partial charge >= 0.3 is 0 Å². The molecule has 2 aromatic rings. The molecule has 0 saturated heterocycles. The van der Waals surface area contributed by atoms with E-state index in [4.69, 9.17) is 0 Å². The monoisotopic (exact) mass is 273 g/mol. The Labute approximate surface area is 119 Å². The van der Waals surface area contributed by atoms with Gasteiger partial charge in [-0.25, -0.2) is 4.39 Å². The number of nitrogens with zero attached hydrogens (tertiary/aromatic N) is 1. The van der Waals surface area contributed by atoms with E-state index < -0.39 is 0 Å². The van der Waals surface area contributed by atoms with Crippen LogP contribution in [0.15, 0.2) is 48.5 Å². The predicted molar refractivity (Wildman–Crippen MR) is 80.6 cm³/mol. The molecule has 2 nitrogen and oxygen atoms in total. The summed E-state index contributed by atoms with van der Waals surface area (Å²) in [5.74, 6) is 0.0455. The molecule has 20 heavy (non-hydrogen) atoms. The summed E-state index contributed by atoms with van der Waals surface area (Å²) in [7, 11) is 0. The fraction of sp³-hybridized carbons (Fsp3) is 0.294. The molecule has 0 aliphatic heterocycles. The van der Waals surface area contributed by atoms with E-state index in [1.807, 2.05) is 31.2 Å². The summed E-state index contributed by atoms with van der Waals surface area (Å²) in [5, 5.41) is 9.39. The molecular weight excluding hydrogens is 253 g/mol. The molecule has 0 aliphatic carbocycles. The molecule has 0 aromatic heterocycles. The summed E-state index contributed by atoms with van der Waals surface area (Å²) < 4.78 is 14.0. The Morgan fingerprint density at radius 3 is 2.25 bits per heavy atom. The van der Waals surface area contributed by atoms with Crippen molar-refractivity contribution >= 4 is 5.69 Å². The molecule has 3 heteroatoms. The van der Waals surface area contributed by atoms with E-state index in [-0.39, 0.29) is 17.6 Å². The minimum atomic E-state index is -0.202. The van der Waals surface area contributed by atoms with Crippen molar-refractivity contribution in [3.63, 3.8) is 0 Å². The lowest BCUT2D eigenvalue weighted by Gasteiger charge is -2.33. The highest BCUT2D eigenvalue weighted by atomic mass is 19.1. The third-order valence-corrected chi connectivity index (χ3v) is 3.54. The van der Waals surface area contributed by atoms with Crippen molar-refractivity contribution in [3.8, 4) is 5.75 Å². The molecule has 1 N–H and O–H groups in total. The third-order valence-electron chi connectivity index (χ3n) is 3.54. The average molecular weight is 273 g/mol. The Morgan fingerprint density at radius 2 is 1.70 bits per heavy atom. The lowest BCUT2D eigenvalue weighted by molar-refractivity contribution is 0.474. The van der Waals surface area contributed by atoms with Gasteiger partial charge in [0, 0.05) is 6.54 Å². The van der Waals surface area contributed by atoms with Crippen molar-refractivity contribution in [1.29, 1.82) is 0 Å². The number of aromatic hydroxyl groups is 1. The fourth-order valence-corrected chi connectivity index (χ4v) is 2.58. The quantitative estimate of drug-likeness (QED) is 0.866. The van der Waals surface area contributed by atoms with Gasteiger partial charge in [-0.1, -0.05) is 31.2 Å². The van der Waals surface area contributed by atoms with E-state index in [1.165, 1.54) is 6.07 Å². The molecule has 0 aliphatic rings. The van der Waals surface area contributed by atoms with Crippen LogP contribution in [0.5, 0.6) is 5.75 Å². The summed E-state index contributed by atoms with van der Waals surface area (Å²) in [6.45, 7) is 4.83. The molecule has 2 rings (SSSR count). The molecule has 0 bridgehead atoms. The van der Waals surface area contributed by atoms with Gasteiger partial charge in [0.25, 0.3) is 0 Å². The minimum absolute atomic E-state index is 0.0949. The van der Waals surface area contributed by atoms with Crippen molar-refractivity contribution in [1.82, 2.24) is 0 Å². The molecule has 0 saturated carbocycles. The first-order chi connectivity index (χ1) is 9.67. The number of hydrogen-bond acceptors (Lipinski definition) is 2. The first-order valence-corrected chi connectivity index (χ1v) is 6.97. The van der Waals surface area contributed by atoms with Crippen LogP contribution in [0.2, 0.25) is 0 Å². The Balaban J connectivity index is 2.38. The van der Waals surface area contributed by atoms with Crippen LogP contribution < -0.4 is 4.90 Å². The van der Waals surface area contributed by atoms with Crippen LogP contribution in [0.25, 0.3) is 0 Å². The average Bonchev–Trinajstić information content (AvgIpc) is 2.47. The maximum Gasteiger partial charge on any atom is 0.146 e. The van der Waals surface area contributed by atoms with Crippen LogP contribution in [-0.2, 0) is 0 Å². The topological polar surface area (TPSA) is 23.5 Å². The highest BCUT2D eigenvalue weighted by Gasteiger charge is 2.20. The predicted octanol–water partition coefficient (Wildman–Crippen LogP) is 4.51. The molecule has 106 valence electrons. The number of phenolic OH excluding ortho intramolecular Hbond substituents is 1. The maximum absolute atomic E-state index is 14.0.